The van der Waals surface area contributed by atoms with Gasteiger partial charge in [0, 0.05) is 18.6 Å². The standard InChI is InChI=1S/C11H15ClN2O/c1-8(13)11(15)14(2)7-9-3-5-10(12)6-4-9/h3-6,8H,7,13H2,1-2H3/t8-/m0/s1. The van der Waals surface area contributed by atoms with E-state index in [0.29, 0.717) is 11.6 Å². The molecule has 0 aliphatic rings. The van der Waals surface area contributed by atoms with Crippen molar-refractivity contribution in [1.82, 2.24) is 4.90 Å². The predicted octanol–water partition coefficient (Wildman–Crippen LogP) is 1.65. The Bertz CT molecular complexity index is 335. The van der Waals surface area contributed by atoms with Crippen molar-refractivity contribution >= 4 is 17.5 Å². The van der Waals surface area contributed by atoms with E-state index in [1.165, 1.54) is 0 Å². The van der Waals surface area contributed by atoms with E-state index in [-0.39, 0.29) is 5.91 Å². The molecule has 0 bridgehead atoms. The number of hydrogen-bond acceptors (Lipinski definition) is 2. The van der Waals surface area contributed by atoms with Crippen molar-refractivity contribution in [1.29, 1.82) is 0 Å². The van der Waals surface area contributed by atoms with E-state index >= 15 is 0 Å². The highest BCUT2D eigenvalue weighted by Crippen LogP contribution is 2.11. The molecule has 0 radical (unpaired) electrons. The van der Waals surface area contributed by atoms with Crippen LogP contribution in [0.15, 0.2) is 24.3 Å². The van der Waals surface area contributed by atoms with E-state index in [0.717, 1.165) is 5.56 Å². The first-order valence-electron chi connectivity index (χ1n) is 4.75. The molecular weight excluding hydrogens is 212 g/mol. The molecule has 0 spiro atoms. The SMILES string of the molecule is C[C@H](N)C(=O)N(C)Cc1ccc(Cl)cc1. The van der Waals surface area contributed by atoms with Gasteiger partial charge in [0.15, 0.2) is 0 Å². The van der Waals surface area contributed by atoms with Crippen molar-refractivity contribution in [2.45, 2.75) is 19.5 Å². The summed E-state index contributed by atoms with van der Waals surface area (Å²) in [5, 5.41) is 0.694. The Kier molecular flexibility index (Phi) is 4.12. The molecule has 1 atom stereocenters. The summed E-state index contributed by atoms with van der Waals surface area (Å²) < 4.78 is 0. The summed E-state index contributed by atoms with van der Waals surface area (Å²) in [5.74, 6) is -0.0649. The summed E-state index contributed by atoms with van der Waals surface area (Å²) in [7, 11) is 1.74. The average Bonchev–Trinajstić information content (AvgIpc) is 2.20. The van der Waals surface area contributed by atoms with Gasteiger partial charge in [-0.05, 0) is 24.6 Å². The highest BCUT2D eigenvalue weighted by molar-refractivity contribution is 6.30. The molecule has 0 aliphatic carbocycles. The van der Waals surface area contributed by atoms with Crippen LogP contribution in [0.5, 0.6) is 0 Å². The van der Waals surface area contributed by atoms with Gasteiger partial charge in [-0.1, -0.05) is 23.7 Å². The van der Waals surface area contributed by atoms with Crippen LogP contribution in [0, 0.1) is 0 Å². The Morgan fingerprint density at radius 2 is 2.00 bits per heavy atom. The quantitative estimate of drug-likeness (QED) is 0.852. The summed E-state index contributed by atoms with van der Waals surface area (Å²) >= 11 is 5.76. The second-order valence-corrected chi connectivity index (χ2v) is 4.05. The molecule has 3 nitrogen and oxygen atoms in total. The fourth-order valence-corrected chi connectivity index (χ4v) is 1.42. The maximum Gasteiger partial charge on any atom is 0.239 e. The maximum absolute atomic E-state index is 11.5. The largest absolute Gasteiger partial charge is 0.340 e. The zero-order valence-corrected chi connectivity index (χ0v) is 9.66. The van der Waals surface area contributed by atoms with Crippen LogP contribution in [0.3, 0.4) is 0 Å². The fourth-order valence-electron chi connectivity index (χ4n) is 1.29. The van der Waals surface area contributed by atoms with Crippen molar-refractivity contribution in [2.24, 2.45) is 5.73 Å². The van der Waals surface area contributed by atoms with Gasteiger partial charge in [0.25, 0.3) is 0 Å². The molecule has 0 heterocycles. The molecule has 82 valence electrons. The summed E-state index contributed by atoms with van der Waals surface area (Å²) in [6.45, 7) is 2.23. The Balaban J connectivity index is 2.62. The number of hydrogen-bond donors (Lipinski definition) is 1. The third kappa shape index (κ3) is 3.53. The first-order chi connectivity index (χ1) is 7.00. The van der Waals surface area contributed by atoms with Crippen LogP contribution in [0.1, 0.15) is 12.5 Å². The first-order valence-corrected chi connectivity index (χ1v) is 5.13. The molecule has 1 aromatic carbocycles. The highest BCUT2D eigenvalue weighted by Gasteiger charge is 2.13. The lowest BCUT2D eigenvalue weighted by Crippen LogP contribution is -2.39. The van der Waals surface area contributed by atoms with E-state index in [2.05, 4.69) is 0 Å². The zero-order chi connectivity index (χ0) is 11.4. The number of carbonyl (C=O) groups is 1. The van der Waals surface area contributed by atoms with E-state index in [4.69, 9.17) is 17.3 Å². The monoisotopic (exact) mass is 226 g/mol. The number of amides is 1. The van der Waals surface area contributed by atoms with E-state index < -0.39 is 6.04 Å². The lowest BCUT2D eigenvalue weighted by molar-refractivity contribution is -0.131. The Morgan fingerprint density at radius 3 is 2.47 bits per heavy atom. The van der Waals surface area contributed by atoms with Crippen molar-refractivity contribution in [2.75, 3.05) is 7.05 Å². The Hall–Kier alpha value is -1.06. The molecule has 15 heavy (non-hydrogen) atoms. The molecule has 1 rings (SSSR count). The molecule has 0 saturated heterocycles. The minimum absolute atomic E-state index is 0.0649. The van der Waals surface area contributed by atoms with Crippen LogP contribution in [-0.2, 0) is 11.3 Å². The van der Waals surface area contributed by atoms with Gasteiger partial charge in [-0.25, -0.2) is 0 Å². The molecule has 0 fully saturated rings. The van der Waals surface area contributed by atoms with Gasteiger partial charge in [-0.3, -0.25) is 4.79 Å². The average molecular weight is 227 g/mol. The van der Waals surface area contributed by atoms with Crippen LogP contribution < -0.4 is 5.73 Å². The number of halogens is 1. The van der Waals surface area contributed by atoms with Gasteiger partial charge in [0.05, 0.1) is 6.04 Å². The minimum Gasteiger partial charge on any atom is -0.340 e. The van der Waals surface area contributed by atoms with Crippen LogP contribution in [0.4, 0.5) is 0 Å². The predicted molar refractivity (Wildman–Crippen MR) is 61.6 cm³/mol. The number of likely N-dealkylation sites (N-methyl/N-ethyl adjacent to an activating group) is 1. The molecule has 4 heteroatoms. The van der Waals surface area contributed by atoms with Crippen molar-refractivity contribution < 1.29 is 4.79 Å². The van der Waals surface area contributed by atoms with Gasteiger partial charge >= 0.3 is 0 Å². The van der Waals surface area contributed by atoms with E-state index in [1.807, 2.05) is 12.1 Å². The minimum atomic E-state index is -0.456. The zero-order valence-electron chi connectivity index (χ0n) is 8.90. The summed E-state index contributed by atoms with van der Waals surface area (Å²) in [4.78, 5) is 13.1. The number of carbonyl (C=O) groups excluding carboxylic acids is 1. The number of benzene rings is 1. The third-order valence-corrected chi connectivity index (χ3v) is 2.35. The third-order valence-electron chi connectivity index (χ3n) is 2.10. The molecule has 1 aromatic rings. The van der Waals surface area contributed by atoms with Gasteiger partial charge in [0.1, 0.15) is 0 Å². The molecule has 0 saturated carbocycles. The molecule has 0 unspecified atom stereocenters. The summed E-state index contributed by atoms with van der Waals surface area (Å²) in [6, 6.07) is 6.95. The fraction of sp³-hybridized carbons (Fsp3) is 0.364. The second kappa shape index (κ2) is 5.14. The smallest absolute Gasteiger partial charge is 0.239 e. The summed E-state index contributed by atoms with van der Waals surface area (Å²) in [6.07, 6.45) is 0. The van der Waals surface area contributed by atoms with Crippen molar-refractivity contribution in [3.8, 4) is 0 Å². The van der Waals surface area contributed by atoms with Crippen LogP contribution in [-0.4, -0.2) is 23.9 Å². The molecule has 2 N–H and O–H groups in total. The number of rotatable bonds is 3. The van der Waals surface area contributed by atoms with Gasteiger partial charge in [0.2, 0.25) is 5.91 Å². The topological polar surface area (TPSA) is 46.3 Å². The molecular formula is C11H15ClN2O. The second-order valence-electron chi connectivity index (χ2n) is 3.61. The van der Waals surface area contributed by atoms with Gasteiger partial charge in [-0.15, -0.1) is 0 Å². The number of nitrogens with zero attached hydrogens (tertiary/aromatic N) is 1. The maximum atomic E-state index is 11.5. The lowest BCUT2D eigenvalue weighted by atomic mass is 10.2. The van der Waals surface area contributed by atoms with Crippen LogP contribution in [0.2, 0.25) is 5.02 Å². The van der Waals surface area contributed by atoms with Gasteiger partial charge in [-0.2, -0.15) is 0 Å². The molecule has 0 aliphatic heterocycles. The van der Waals surface area contributed by atoms with Crippen molar-refractivity contribution in [3.63, 3.8) is 0 Å². The van der Waals surface area contributed by atoms with Crippen LogP contribution >= 0.6 is 11.6 Å². The lowest BCUT2D eigenvalue weighted by Gasteiger charge is -2.19. The Morgan fingerprint density at radius 1 is 1.47 bits per heavy atom. The van der Waals surface area contributed by atoms with Gasteiger partial charge < -0.3 is 10.6 Å². The number of nitrogens with two attached hydrogens (primary N) is 1. The van der Waals surface area contributed by atoms with E-state index in [9.17, 15) is 4.79 Å². The summed E-state index contributed by atoms with van der Waals surface area (Å²) in [5.41, 5.74) is 6.54. The van der Waals surface area contributed by atoms with Crippen LogP contribution in [0.25, 0.3) is 0 Å². The molecule has 0 aromatic heterocycles. The normalized spacial score (nSPS) is 12.3. The molecule has 1 amide bonds. The Labute approximate surface area is 94.8 Å². The van der Waals surface area contributed by atoms with Crippen molar-refractivity contribution in [3.05, 3.63) is 34.9 Å². The van der Waals surface area contributed by atoms with E-state index in [1.54, 1.807) is 31.0 Å². The highest BCUT2D eigenvalue weighted by atomic mass is 35.5. The first kappa shape index (κ1) is 12.0.